The molecule has 88 valence electrons. The first-order valence-corrected chi connectivity index (χ1v) is 5.73. The third kappa shape index (κ3) is 2.11. The van der Waals surface area contributed by atoms with E-state index in [4.69, 9.17) is 21.1 Å². The van der Waals surface area contributed by atoms with Crippen LogP contribution in [0, 0.1) is 6.92 Å². The summed E-state index contributed by atoms with van der Waals surface area (Å²) in [7, 11) is 0. The van der Waals surface area contributed by atoms with Gasteiger partial charge in [0, 0.05) is 0 Å². The second-order valence-corrected chi connectivity index (χ2v) is 4.43. The van der Waals surface area contributed by atoms with Gasteiger partial charge >= 0.3 is 0 Å². The molecule has 2 rings (SSSR count). The van der Waals surface area contributed by atoms with Crippen LogP contribution in [-0.2, 0) is 6.42 Å². The highest BCUT2D eigenvalue weighted by Gasteiger charge is 2.20. The lowest BCUT2D eigenvalue weighted by atomic mass is 10.0. The number of rotatable bonds is 2. The minimum absolute atomic E-state index is 0.391. The smallest absolute Gasteiger partial charge is 0.180 e. The van der Waals surface area contributed by atoms with Crippen molar-refractivity contribution >= 4 is 11.6 Å². The van der Waals surface area contributed by atoms with Gasteiger partial charge in [-0.3, -0.25) is 0 Å². The van der Waals surface area contributed by atoms with Gasteiger partial charge in [-0.1, -0.05) is 11.6 Å². The van der Waals surface area contributed by atoms with Crippen molar-refractivity contribution in [1.82, 2.24) is 0 Å². The third-order valence-corrected chi connectivity index (χ3v) is 3.10. The van der Waals surface area contributed by atoms with Gasteiger partial charge in [-0.2, -0.15) is 0 Å². The van der Waals surface area contributed by atoms with E-state index in [2.05, 4.69) is 0 Å². The Morgan fingerprint density at radius 2 is 2.12 bits per heavy atom. The summed E-state index contributed by atoms with van der Waals surface area (Å²) in [6.45, 7) is 4.75. The second kappa shape index (κ2) is 4.52. The van der Waals surface area contributed by atoms with Crippen LogP contribution in [0.3, 0.4) is 0 Å². The summed E-state index contributed by atoms with van der Waals surface area (Å²) in [6.07, 6.45) is 0.180. The predicted octanol–water partition coefficient (Wildman–Crippen LogP) is 2.34. The molecule has 0 saturated heterocycles. The van der Waals surface area contributed by atoms with Gasteiger partial charge < -0.3 is 14.6 Å². The largest absolute Gasteiger partial charge is 0.486 e. The van der Waals surface area contributed by atoms with Crippen molar-refractivity contribution in [2.45, 2.75) is 26.4 Å². The Bertz CT molecular complexity index is 402. The van der Waals surface area contributed by atoms with E-state index in [1.54, 1.807) is 6.92 Å². The second-order valence-electron chi connectivity index (χ2n) is 4.05. The first-order valence-electron chi connectivity index (χ1n) is 5.35. The molecule has 0 bridgehead atoms. The number of halogens is 1. The molecule has 4 heteroatoms. The monoisotopic (exact) mass is 242 g/mol. The van der Waals surface area contributed by atoms with Crippen LogP contribution < -0.4 is 9.47 Å². The number of benzene rings is 1. The summed E-state index contributed by atoms with van der Waals surface area (Å²) in [5.74, 6) is 1.30. The zero-order valence-electron chi connectivity index (χ0n) is 9.42. The number of fused-ring (bicyclic) bond motifs is 1. The van der Waals surface area contributed by atoms with Crippen LogP contribution in [0.4, 0.5) is 0 Å². The van der Waals surface area contributed by atoms with E-state index in [0.29, 0.717) is 36.2 Å². The van der Waals surface area contributed by atoms with Gasteiger partial charge in [-0.05, 0) is 37.5 Å². The summed E-state index contributed by atoms with van der Waals surface area (Å²) in [4.78, 5) is 0. The topological polar surface area (TPSA) is 38.7 Å². The summed E-state index contributed by atoms with van der Waals surface area (Å²) >= 11 is 6.21. The molecular weight excluding hydrogens is 228 g/mol. The molecule has 16 heavy (non-hydrogen) atoms. The molecule has 1 N–H and O–H groups in total. The first kappa shape index (κ1) is 11.6. The van der Waals surface area contributed by atoms with Gasteiger partial charge in [0.2, 0.25) is 0 Å². The molecule has 0 fully saturated rings. The maximum absolute atomic E-state index is 9.41. The van der Waals surface area contributed by atoms with Crippen LogP contribution in [0.15, 0.2) is 6.07 Å². The molecule has 0 saturated carbocycles. The van der Waals surface area contributed by atoms with Crippen LogP contribution in [-0.4, -0.2) is 24.4 Å². The predicted molar refractivity (Wildman–Crippen MR) is 62.6 cm³/mol. The Balaban J connectivity index is 2.44. The molecule has 0 aromatic heterocycles. The highest BCUT2D eigenvalue weighted by molar-refractivity contribution is 6.33. The van der Waals surface area contributed by atoms with Crippen molar-refractivity contribution in [3.8, 4) is 11.5 Å². The average Bonchev–Trinajstić information content (AvgIpc) is 2.25. The zero-order chi connectivity index (χ0) is 11.7. The number of aliphatic hydroxyl groups excluding tert-OH is 1. The minimum atomic E-state index is -0.391. The lowest BCUT2D eigenvalue weighted by Crippen LogP contribution is -2.17. The normalized spacial score (nSPS) is 16.0. The molecule has 1 atom stereocenters. The van der Waals surface area contributed by atoms with E-state index in [1.165, 1.54) is 0 Å². The van der Waals surface area contributed by atoms with E-state index in [9.17, 15) is 5.11 Å². The Morgan fingerprint density at radius 3 is 2.81 bits per heavy atom. The molecule has 1 aliphatic heterocycles. The Morgan fingerprint density at radius 1 is 1.44 bits per heavy atom. The molecule has 1 aromatic rings. The SMILES string of the molecule is Cc1c(CC(C)O)cc2c(c1Cl)OCCO2. The summed E-state index contributed by atoms with van der Waals surface area (Å²) in [5.41, 5.74) is 1.95. The van der Waals surface area contributed by atoms with Crippen LogP contribution in [0.1, 0.15) is 18.1 Å². The lowest BCUT2D eigenvalue weighted by Gasteiger charge is -2.22. The van der Waals surface area contributed by atoms with Crippen molar-refractivity contribution in [2.24, 2.45) is 0 Å². The lowest BCUT2D eigenvalue weighted by molar-refractivity contribution is 0.170. The Labute approximate surface area is 99.9 Å². The Kier molecular flexibility index (Phi) is 3.26. The van der Waals surface area contributed by atoms with Crippen LogP contribution in [0.5, 0.6) is 11.5 Å². The molecule has 0 aliphatic carbocycles. The van der Waals surface area contributed by atoms with Crippen molar-refractivity contribution in [2.75, 3.05) is 13.2 Å². The highest BCUT2D eigenvalue weighted by Crippen LogP contribution is 2.41. The van der Waals surface area contributed by atoms with Crippen molar-refractivity contribution < 1.29 is 14.6 Å². The van der Waals surface area contributed by atoms with Gasteiger partial charge in [0.25, 0.3) is 0 Å². The summed E-state index contributed by atoms with van der Waals surface area (Å²) in [5, 5.41) is 10.0. The third-order valence-electron chi connectivity index (χ3n) is 2.64. The molecule has 1 unspecified atom stereocenters. The van der Waals surface area contributed by atoms with Crippen molar-refractivity contribution in [1.29, 1.82) is 0 Å². The number of aliphatic hydroxyl groups is 1. The fraction of sp³-hybridized carbons (Fsp3) is 0.500. The van der Waals surface area contributed by atoms with E-state index < -0.39 is 6.10 Å². The zero-order valence-corrected chi connectivity index (χ0v) is 10.2. The quantitative estimate of drug-likeness (QED) is 0.865. The van der Waals surface area contributed by atoms with Crippen LogP contribution in [0.2, 0.25) is 5.02 Å². The standard InChI is InChI=1S/C12H15ClO3/c1-7(14)5-9-6-10-12(11(13)8(9)2)16-4-3-15-10/h6-7,14H,3-5H2,1-2H3. The average molecular weight is 243 g/mol. The van der Waals surface area contributed by atoms with Gasteiger partial charge in [-0.15, -0.1) is 0 Å². The molecule has 0 radical (unpaired) electrons. The fourth-order valence-corrected chi connectivity index (χ4v) is 2.09. The molecule has 1 aliphatic rings. The van der Waals surface area contributed by atoms with Gasteiger partial charge in [-0.25, -0.2) is 0 Å². The van der Waals surface area contributed by atoms with Gasteiger partial charge in [0.05, 0.1) is 11.1 Å². The summed E-state index contributed by atoms with van der Waals surface area (Å²) < 4.78 is 11.0. The Hall–Kier alpha value is -0.930. The van der Waals surface area contributed by atoms with Gasteiger partial charge in [0.1, 0.15) is 13.2 Å². The number of ether oxygens (including phenoxy) is 2. The number of hydrogen-bond donors (Lipinski definition) is 1. The maximum atomic E-state index is 9.41. The van der Waals surface area contributed by atoms with E-state index in [1.807, 2.05) is 13.0 Å². The van der Waals surface area contributed by atoms with E-state index in [-0.39, 0.29) is 0 Å². The van der Waals surface area contributed by atoms with Crippen molar-refractivity contribution in [3.63, 3.8) is 0 Å². The number of hydrogen-bond acceptors (Lipinski definition) is 3. The maximum Gasteiger partial charge on any atom is 0.180 e. The van der Waals surface area contributed by atoms with Crippen molar-refractivity contribution in [3.05, 3.63) is 22.2 Å². The first-order chi connectivity index (χ1) is 7.59. The van der Waals surface area contributed by atoms with E-state index >= 15 is 0 Å². The fourth-order valence-electron chi connectivity index (χ4n) is 1.82. The molecule has 1 aromatic carbocycles. The van der Waals surface area contributed by atoms with E-state index in [0.717, 1.165) is 11.1 Å². The highest BCUT2D eigenvalue weighted by atomic mass is 35.5. The minimum Gasteiger partial charge on any atom is -0.486 e. The molecule has 0 amide bonds. The van der Waals surface area contributed by atoms with Gasteiger partial charge in [0.15, 0.2) is 11.5 Å². The molecule has 3 nitrogen and oxygen atoms in total. The van der Waals surface area contributed by atoms with Crippen LogP contribution >= 0.6 is 11.6 Å². The molecule has 0 spiro atoms. The molecular formula is C12H15ClO3. The van der Waals surface area contributed by atoms with Crippen LogP contribution in [0.25, 0.3) is 0 Å². The summed E-state index contributed by atoms with van der Waals surface area (Å²) in [6, 6.07) is 1.91. The molecule has 1 heterocycles.